The smallest absolute Gasteiger partial charge is 0.510 e. The number of aryl methyl sites for hydroxylation is 4. The third-order valence-corrected chi connectivity index (χ3v) is 9.21. The molecule has 4 rings (SSSR count). The summed E-state index contributed by atoms with van der Waals surface area (Å²) in [6.07, 6.45) is -3.33. The Labute approximate surface area is 348 Å². The maximum absolute atomic E-state index is 10.5. The maximum atomic E-state index is 10.5. The summed E-state index contributed by atoms with van der Waals surface area (Å²) in [5.74, 6) is 0.0248. The van der Waals surface area contributed by atoms with E-state index in [1.807, 2.05) is 69.2 Å². The van der Waals surface area contributed by atoms with Crippen molar-refractivity contribution in [3.8, 4) is 23.0 Å². The number of aliphatic imine (C=N–C) groups is 2. The second kappa shape index (κ2) is 22.6. The number of phenols is 2. The van der Waals surface area contributed by atoms with E-state index in [0.29, 0.717) is 22.3 Å². The van der Waals surface area contributed by atoms with Gasteiger partial charge in [0.2, 0.25) is 0 Å². The first-order chi connectivity index (χ1) is 26.1. The molecule has 0 amide bonds. The van der Waals surface area contributed by atoms with Crippen LogP contribution in [0.3, 0.4) is 0 Å². The number of nitrogens with zero attached hydrogens (tertiary/aromatic N) is 2. The van der Waals surface area contributed by atoms with Gasteiger partial charge in [-0.05, 0) is 110 Å². The first kappa shape index (κ1) is 49.9. The van der Waals surface area contributed by atoms with Crippen LogP contribution in [0.2, 0.25) is 0 Å². The van der Waals surface area contributed by atoms with Gasteiger partial charge in [-0.25, -0.2) is 0 Å². The van der Waals surface area contributed by atoms with Crippen LogP contribution >= 0.6 is 0 Å². The Morgan fingerprint density at radius 2 is 0.754 bits per heavy atom. The van der Waals surface area contributed by atoms with Crippen LogP contribution in [0.1, 0.15) is 137 Å². The van der Waals surface area contributed by atoms with Gasteiger partial charge in [-0.1, -0.05) is 116 Å². The van der Waals surface area contributed by atoms with Crippen molar-refractivity contribution in [2.45, 2.75) is 121 Å². The molecule has 0 radical (unpaired) electrons. The molecule has 10 nitrogen and oxygen atoms in total. The molecular formula is C46H58N2NiO8. The Morgan fingerprint density at radius 3 is 0.982 bits per heavy atom. The molecule has 0 aliphatic heterocycles. The number of hydrogen-bond acceptors (Lipinski definition) is 10. The molecule has 0 fully saturated rings. The van der Waals surface area contributed by atoms with Crippen LogP contribution in [0.5, 0.6) is 23.0 Å². The maximum Gasteiger partial charge on any atom is 2.00 e. The Bertz CT molecular complexity index is 1880. The number of aromatic hydroxyl groups is 2. The topological polar surface area (TPSA) is 164 Å². The van der Waals surface area contributed by atoms with Gasteiger partial charge in [0.15, 0.2) is 0 Å². The van der Waals surface area contributed by atoms with Crippen molar-refractivity contribution >= 4 is 35.1 Å². The van der Waals surface area contributed by atoms with Crippen molar-refractivity contribution < 1.29 is 56.0 Å². The predicted molar refractivity (Wildman–Crippen MR) is 222 cm³/mol. The molecule has 2 N–H and O–H groups in total. The van der Waals surface area contributed by atoms with Crippen LogP contribution in [-0.4, -0.2) is 33.9 Å². The fourth-order valence-electron chi connectivity index (χ4n) is 5.89. The Kier molecular flexibility index (Phi) is 19.7. The van der Waals surface area contributed by atoms with Gasteiger partial charge in [-0.2, -0.15) is 0 Å². The molecule has 4 aromatic rings. The fraction of sp³-hybridized carbons (Fsp3) is 0.391. The normalized spacial score (nSPS) is 11.4. The van der Waals surface area contributed by atoms with Crippen molar-refractivity contribution in [3.05, 3.63) is 105 Å². The standard InChI is InChI=1S/C20H24N2.2C13H18O4.Ni/c1-13-9-7-10-14(2)19(13)21-17(5)18(6)22-20-15(3)11-8-12-16(20)4;2*1-7(2)9-5-6-10(8(3)4)12(11(9)14)17-13(15)16;/h7-12H,1-6H3;2*5-8,14H,1-4H3,(H,15,16);/q;;;+2/p-2. The van der Waals surface area contributed by atoms with Crippen molar-refractivity contribution in [1.29, 1.82) is 0 Å². The predicted octanol–water partition coefficient (Wildman–Crippen LogP) is 10.5. The summed E-state index contributed by atoms with van der Waals surface area (Å²) in [5.41, 5.74) is 11.4. The molecule has 0 aliphatic rings. The SMILES string of the molecule is CC(=Nc1c(C)cccc1C)C(C)=Nc1c(C)cccc1C.CC(C)c1ccc(C(C)C)c(OC(=O)[O-])c1O.CC(C)c1ccc(C(C)C)c(OC(=O)[O-])c1O.[Ni+2]. The fourth-order valence-corrected chi connectivity index (χ4v) is 5.89. The molecule has 0 unspecified atom stereocenters. The van der Waals surface area contributed by atoms with E-state index in [-0.39, 0.29) is 63.2 Å². The van der Waals surface area contributed by atoms with Gasteiger partial charge in [0.25, 0.3) is 12.3 Å². The number of carbonyl (C=O) groups excluding carboxylic acids is 2. The van der Waals surface area contributed by atoms with E-state index >= 15 is 0 Å². The molecule has 0 atom stereocenters. The van der Waals surface area contributed by atoms with Gasteiger partial charge >= 0.3 is 16.5 Å². The molecule has 4 aromatic carbocycles. The molecule has 0 aliphatic carbocycles. The van der Waals surface area contributed by atoms with Gasteiger partial charge < -0.3 is 39.5 Å². The molecule has 0 saturated carbocycles. The van der Waals surface area contributed by atoms with E-state index in [1.54, 1.807) is 24.3 Å². The van der Waals surface area contributed by atoms with Crippen LogP contribution in [-0.2, 0) is 16.5 Å². The Hall–Kier alpha value is -5.15. The Morgan fingerprint density at radius 1 is 0.509 bits per heavy atom. The molecule has 310 valence electrons. The zero-order valence-corrected chi connectivity index (χ0v) is 36.6. The molecule has 11 heteroatoms. The number of phenolic OH excluding ortho intramolecular Hbond substituents is 2. The summed E-state index contributed by atoms with van der Waals surface area (Å²) in [4.78, 5) is 30.7. The minimum absolute atomic E-state index is 0. The van der Waals surface area contributed by atoms with E-state index in [9.17, 15) is 30.0 Å². The summed E-state index contributed by atoms with van der Waals surface area (Å²) in [6, 6.07) is 19.6. The summed E-state index contributed by atoms with van der Waals surface area (Å²) in [5, 5.41) is 41.1. The van der Waals surface area contributed by atoms with E-state index < -0.39 is 12.3 Å². The van der Waals surface area contributed by atoms with Crippen molar-refractivity contribution in [2.75, 3.05) is 0 Å². The third kappa shape index (κ3) is 14.1. The first-order valence-electron chi connectivity index (χ1n) is 18.8. The minimum Gasteiger partial charge on any atom is -0.510 e. The number of carbonyl (C=O) groups is 2. The average molecular weight is 826 g/mol. The number of hydrogen-bond donors (Lipinski definition) is 2. The van der Waals surface area contributed by atoms with Crippen LogP contribution in [0.4, 0.5) is 21.0 Å². The van der Waals surface area contributed by atoms with Gasteiger partial charge in [-0.15, -0.1) is 0 Å². The van der Waals surface area contributed by atoms with Crippen LogP contribution in [0, 0.1) is 27.7 Å². The zero-order valence-electron chi connectivity index (χ0n) is 35.6. The van der Waals surface area contributed by atoms with Gasteiger partial charge in [-0.3, -0.25) is 9.98 Å². The van der Waals surface area contributed by atoms with E-state index in [1.165, 1.54) is 22.3 Å². The van der Waals surface area contributed by atoms with Crippen LogP contribution in [0.15, 0.2) is 70.6 Å². The summed E-state index contributed by atoms with van der Waals surface area (Å²) >= 11 is 0. The molecule has 0 bridgehead atoms. The molecular weight excluding hydrogens is 767 g/mol. The van der Waals surface area contributed by atoms with Crippen molar-refractivity contribution in [2.24, 2.45) is 9.98 Å². The number of para-hydroxylation sites is 2. The second-order valence-corrected chi connectivity index (χ2v) is 15.0. The number of rotatable bonds is 9. The van der Waals surface area contributed by atoms with Crippen molar-refractivity contribution in [1.82, 2.24) is 0 Å². The second-order valence-electron chi connectivity index (χ2n) is 15.0. The van der Waals surface area contributed by atoms with E-state index in [4.69, 9.17) is 9.98 Å². The zero-order chi connectivity index (χ0) is 42.6. The van der Waals surface area contributed by atoms with Crippen LogP contribution in [0.25, 0.3) is 0 Å². The molecule has 57 heavy (non-hydrogen) atoms. The number of ether oxygens (including phenoxy) is 2. The van der Waals surface area contributed by atoms with Gasteiger partial charge in [0.1, 0.15) is 11.5 Å². The largest absolute Gasteiger partial charge is 2.00 e. The monoisotopic (exact) mass is 824 g/mol. The summed E-state index contributed by atoms with van der Waals surface area (Å²) < 4.78 is 9.17. The molecule has 0 heterocycles. The Balaban J connectivity index is 0.000000430. The minimum atomic E-state index is -1.66. The van der Waals surface area contributed by atoms with Crippen LogP contribution < -0.4 is 19.7 Å². The van der Waals surface area contributed by atoms with E-state index in [2.05, 4.69) is 73.6 Å². The third-order valence-electron chi connectivity index (χ3n) is 9.21. The first-order valence-corrected chi connectivity index (χ1v) is 18.8. The van der Waals surface area contributed by atoms with Gasteiger partial charge in [0, 0.05) is 0 Å². The average Bonchev–Trinajstić information content (AvgIpc) is 3.09. The number of benzene rings is 4. The summed E-state index contributed by atoms with van der Waals surface area (Å²) in [6.45, 7) is 27.6. The molecule has 0 spiro atoms. The molecule has 0 saturated heterocycles. The van der Waals surface area contributed by atoms with Gasteiger partial charge in [0.05, 0.1) is 34.3 Å². The number of carboxylic acid groups (broad SMARTS) is 2. The summed E-state index contributed by atoms with van der Waals surface area (Å²) in [7, 11) is 0. The van der Waals surface area contributed by atoms with Crippen molar-refractivity contribution in [3.63, 3.8) is 0 Å². The van der Waals surface area contributed by atoms with E-state index in [0.717, 1.165) is 22.8 Å². The molecule has 0 aromatic heterocycles. The quantitative estimate of drug-likeness (QED) is 0.0729.